The van der Waals surface area contributed by atoms with E-state index in [0.29, 0.717) is 0 Å². The number of hydrogen-bond acceptors (Lipinski definition) is 6. The Labute approximate surface area is 113 Å². The number of nitriles is 2. The zero-order chi connectivity index (χ0) is 14.7. The number of rotatable bonds is 2. The quantitative estimate of drug-likeness (QED) is 0.793. The highest BCUT2D eigenvalue weighted by molar-refractivity contribution is 6.11. The fourth-order valence-corrected chi connectivity index (χ4v) is 1.65. The van der Waals surface area contributed by atoms with E-state index in [-0.39, 0.29) is 28.1 Å². The minimum atomic E-state index is -0.735. The third-order valence-electron chi connectivity index (χ3n) is 2.62. The zero-order valence-electron chi connectivity index (χ0n) is 10.0. The van der Waals surface area contributed by atoms with Gasteiger partial charge in [-0.25, -0.2) is 4.98 Å². The maximum Gasteiger partial charge on any atom is 0.218 e. The average Bonchev–Trinajstić information content (AvgIpc) is 2.46. The lowest BCUT2D eigenvalue weighted by atomic mass is 10.00. The highest BCUT2D eigenvalue weighted by Gasteiger charge is 2.20. The van der Waals surface area contributed by atoms with Crippen LogP contribution in [0.3, 0.4) is 0 Å². The normalized spacial score (nSPS) is 9.50. The molecule has 0 amide bonds. The van der Waals surface area contributed by atoms with Crippen molar-refractivity contribution in [3.63, 3.8) is 0 Å². The predicted octanol–water partition coefficient (Wildman–Crippen LogP) is 1.47. The number of nitrogens with zero attached hydrogens (tertiary/aromatic N) is 3. The van der Waals surface area contributed by atoms with Crippen molar-refractivity contribution in [1.82, 2.24) is 4.98 Å². The third kappa shape index (κ3) is 2.14. The molecule has 0 unspecified atom stereocenters. The van der Waals surface area contributed by atoms with Crippen molar-refractivity contribution in [3.05, 3.63) is 52.8 Å². The van der Waals surface area contributed by atoms with E-state index in [4.69, 9.17) is 10.5 Å². The van der Waals surface area contributed by atoms with Gasteiger partial charge in [0, 0.05) is 6.20 Å². The lowest BCUT2D eigenvalue weighted by Gasteiger charge is -2.06. The summed E-state index contributed by atoms with van der Waals surface area (Å²) in [7, 11) is 0. The van der Waals surface area contributed by atoms with Gasteiger partial charge >= 0.3 is 0 Å². The predicted molar refractivity (Wildman–Crippen MR) is 66.9 cm³/mol. The van der Waals surface area contributed by atoms with Crippen LogP contribution in [0.4, 0.5) is 0 Å². The van der Waals surface area contributed by atoms with Crippen LogP contribution in [0.5, 0.6) is 11.5 Å². The number of carbonyl (C=O) groups is 1. The first-order chi connectivity index (χ1) is 9.58. The summed E-state index contributed by atoms with van der Waals surface area (Å²) in [6.07, 6.45) is 1.32. The van der Waals surface area contributed by atoms with Crippen molar-refractivity contribution < 1.29 is 15.0 Å². The van der Waals surface area contributed by atoms with E-state index in [0.717, 1.165) is 12.1 Å². The Kier molecular flexibility index (Phi) is 3.32. The minimum Gasteiger partial charge on any atom is -0.507 e. The van der Waals surface area contributed by atoms with Crippen molar-refractivity contribution in [1.29, 1.82) is 10.5 Å². The number of pyridine rings is 1. The molecule has 0 aliphatic heterocycles. The molecule has 0 fully saturated rings. The van der Waals surface area contributed by atoms with Crippen LogP contribution in [0.25, 0.3) is 0 Å². The summed E-state index contributed by atoms with van der Waals surface area (Å²) in [4.78, 5) is 15.9. The SMILES string of the molecule is N#Cc1cc(O)c(C(=O)c2ncccc2O)cc1C#N. The Morgan fingerprint density at radius 3 is 2.35 bits per heavy atom. The van der Waals surface area contributed by atoms with E-state index in [1.807, 2.05) is 0 Å². The molecule has 0 aliphatic rings. The second kappa shape index (κ2) is 5.09. The summed E-state index contributed by atoms with van der Waals surface area (Å²) in [6.45, 7) is 0. The van der Waals surface area contributed by atoms with Crippen LogP contribution < -0.4 is 0 Å². The lowest BCUT2D eigenvalue weighted by molar-refractivity contribution is 0.102. The van der Waals surface area contributed by atoms with Gasteiger partial charge < -0.3 is 10.2 Å². The van der Waals surface area contributed by atoms with Gasteiger partial charge in [0.25, 0.3) is 0 Å². The molecule has 0 saturated carbocycles. The van der Waals surface area contributed by atoms with Gasteiger partial charge in [-0.2, -0.15) is 10.5 Å². The summed E-state index contributed by atoms with van der Waals surface area (Å²) in [5.41, 5.74) is -0.512. The van der Waals surface area contributed by atoms with E-state index in [1.54, 1.807) is 12.1 Å². The molecule has 0 atom stereocenters. The van der Waals surface area contributed by atoms with E-state index in [1.165, 1.54) is 18.3 Å². The number of ketones is 1. The molecule has 2 N–H and O–H groups in total. The largest absolute Gasteiger partial charge is 0.507 e. The first-order valence-electron chi connectivity index (χ1n) is 5.44. The van der Waals surface area contributed by atoms with Gasteiger partial charge in [0.15, 0.2) is 5.69 Å². The topological polar surface area (TPSA) is 118 Å². The molecular weight excluding hydrogens is 258 g/mol. The highest BCUT2D eigenvalue weighted by atomic mass is 16.3. The summed E-state index contributed by atoms with van der Waals surface area (Å²) < 4.78 is 0. The maximum atomic E-state index is 12.2. The molecule has 6 heteroatoms. The van der Waals surface area contributed by atoms with Crippen molar-refractivity contribution in [2.45, 2.75) is 0 Å². The van der Waals surface area contributed by atoms with Crippen molar-refractivity contribution >= 4 is 5.78 Å². The van der Waals surface area contributed by atoms with Crippen LogP contribution in [0.1, 0.15) is 27.2 Å². The fraction of sp³-hybridized carbons (Fsp3) is 0. The second-order valence-corrected chi connectivity index (χ2v) is 3.84. The summed E-state index contributed by atoms with van der Waals surface area (Å²) in [5, 5.41) is 37.1. The summed E-state index contributed by atoms with van der Waals surface area (Å²) in [6, 6.07) is 8.38. The summed E-state index contributed by atoms with van der Waals surface area (Å²) in [5.74, 6) is -1.52. The molecule has 20 heavy (non-hydrogen) atoms. The Bertz CT molecular complexity index is 785. The lowest BCUT2D eigenvalue weighted by Crippen LogP contribution is -2.05. The molecule has 1 heterocycles. The number of benzene rings is 1. The molecule has 0 aliphatic carbocycles. The zero-order valence-corrected chi connectivity index (χ0v) is 10.0. The van der Waals surface area contributed by atoms with Crippen LogP contribution in [0.2, 0.25) is 0 Å². The number of phenols is 1. The monoisotopic (exact) mass is 265 g/mol. The van der Waals surface area contributed by atoms with Gasteiger partial charge in [-0.3, -0.25) is 4.79 Å². The van der Waals surface area contributed by atoms with E-state index in [2.05, 4.69) is 4.98 Å². The third-order valence-corrected chi connectivity index (χ3v) is 2.62. The molecule has 2 rings (SSSR count). The average molecular weight is 265 g/mol. The van der Waals surface area contributed by atoms with Crippen molar-refractivity contribution in [3.8, 4) is 23.6 Å². The molecule has 0 bridgehead atoms. The minimum absolute atomic E-state index is 0.0354. The van der Waals surface area contributed by atoms with Crippen LogP contribution >= 0.6 is 0 Å². The number of carbonyl (C=O) groups excluding carboxylic acids is 1. The fourth-order valence-electron chi connectivity index (χ4n) is 1.65. The molecule has 6 nitrogen and oxygen atoms in total. The van der Waals surface area contributed by atoms with E-state index in [9.17, 15) is 15.0 Å². The molecule has 0 spiro atoms. The number of hydrogen-bond donors (Lipinski definition) is 2. The molecule has 1 aromatic heterocycles. The van der Waals surface area contributed by atoms with Gasteiger partial charge in [-0.05, 0) is 24.3 Å². The maximum absolute atomic E-state index is 12.2. The number of aromatic hydroxyl groups is 2. The molecule has 1 aromatic carbocycles. The van der Waals surface area contributed by atoms with E-state index >= 15 is 0 Å². The van der Waals surface area contributed by atoms with Gasteiger partial charge in [0.1, 0.15) is 23.6 Å². The van der Waals surface area contributed by atoms with Crippen LogP contribution in [-0.4, -0.2) is 21.0 Å². The van der Waals surface area contributed by atoms with Crippen LogP contribution in [0, 0.1) is 22.7 Å². The van der Waals surface area contributed by atoms with Gasteiger partial charge in [0.2, 0.25) is 5.78 Å². The standard InChI is InChI=1S/C14H7N3O3/c15-6-8-4-10(12(19)5-9(8)7-16)14(20)13-11(18)2-1-3-17-13/h1-5,18-19H. The number of aromatic nitrogens is 1. The number of phenolic OH excluding ortho intramolecular Hbond substituents is 1. The van der Waals surface area contributed by atoms with Gasteiger partial charge in [-0.1, -0.05) is 0 Å². The molecule has 0 saturated heterocycles. The van der Waals surface area contributed by atoms with Crippen molar-refractivity contribution in [2.75, 3.05) is 0 Å². The molecule has 2 aromatic rings. The molecular formula is C14H7N3O3. The smallest absolute Gasteiger partial charge is 0.218 e. The first-order valence-corrected chi connectivity index (χ1v) is 5.44. The second-order valence-electron chi connectivity index (χ2n) is 3.84. The Morgan fingerprint density at radius 1 is 1.10 bits per heavy atom. The highest BCUT2D eigenvalue weighted by Crippen LogP contribution is 2.26. The Balaban J connectivity index is 2.60. The Morgan fingerprint density at radius 2 is 1.75 bits per heavy atom. The molecule has 96 valence electrons. The van der Waals surface area contributed by atoms with Gasteiger partial charge in [-0.15, -0.1) is 0 Å². The van der Waals surface area contributed by atoms with Crippen LogP contribution in [-0.2, 0) is 0 Å². The van der Waals surface area contributed by atoms with Crippen LogP contribution in [0.15, 0.2) is 30.5 Å². The van der Waals surface area contributed by atoms with Crippen molar-refractivity contribution in [2.24, 2.45) is 0 Å². The van der Waals surface area contributed by atoms with Gasteiger partial charge in [0.05, 0.1) is 16.7 Å². The molecule has 0 radical (unpaired) electrons. The summed E-state index contributed by atoms with van der Waals surface area (Å²) >= 11 is 0. The first kappa shape index (κ1) is 13.1. The van der Waals surface area contributed by atoms with E-state index < -0.39 is 11.5 Å². The Hall–Kier alpha value is -3.38.